The molecule has 6 heteroatoms. The van der Waals surface area contributed by atoms with Crippen LogP contribution in [0.3, 0.4) is 0 Å². The standard InChI is InChI=1S/C13H18F2N2O2/c1-8(2)19-5-4-17(3)13(18)10-6-9(14)7-11(16)12(10)15/h6-8H,4-5,16H2,1-3H3. The number of nitrogen functional groups attached to an aromatic ring is 1. The molecule has 0 heterocycles. The van der Waals surface area contributed by atoms with Crippen molar-refractivity contribution < 1.29 is 18.3 Å². The number of hydrogen-bond acceptors (Lipinski definition) is 3. The van der Waals surface area contributed by atoms with Crippen molar-refractivity contribution in [2.75, 3.05) is 25.9 Å². The molecule has 0 saturated carbocycles. The predicted octanol–water partition coefficient (Wildman–Crippen LogP) is 2.04. The van der Waals surface area contributed by atoms with Crippen LogP contribution in [-0.2, 0) is 4.74 Å². The van der Waals surface area contributed by atoms with Gasteiger partial charge in [0.05, 0.1) is 24.0 Å². The Kier molecular flexibility index (Phi) is 5.23. The normalized spacial score (nSPS) is 10.8. The van der Waals surface area contributed by atoms with Crippen LogP contribution in [-0.4, -0.2) is 37.1 Å². The third-order valence-electron chi connectivity index (χ3n) is 2.52. The number of nitrogens with zero attached hydrogens (tertiary/aromatic N) is 1. The van der Waals surface area contributed by atoms with Crippen LogP contribution in [0, 0.1) is 11.6 Å². The first-order valence-corrected chi connectivity index (χ1v) is 5.94. The van der Waals surface area contributed by atoms with Gasteiger partial charge in [-0.1, -0.05) is 0 Å². The zero-order chi connectivity index (χ0) is 14.6. The highest BCUT2D eigenvalue weighted by Crippen LogP contribution is 2.18. The van der Waals surface area contributed by atoms with Gasteiger partial charge in [0.1, 0.15) is 5.82 Å². The van der Waals surface area contributed by atoms with Crippen LogP contribution in [0.1, 0.15) is 24.2 Å². The van der Waals surface area contributed by atoms with E-state index in [9.17, 15) is 13.6 Å². The Hall–Kier alpha value is -1.69. The fraction of sp³-hybridized carbons (Fsp3) is 0.462. The number of carbonyl (C=O) groups is 1. The van der Waals surface area contributed by atoms with E-state index in [2.05, 4.69) is 0 Å². The van der Waals surface area contributed by atoms with Gasteiger partial charge in [-0.25, -0.2) is 8.78 Å². The second-order valence-corrected chi connectivity index (χ2v) is 4.50. The van der Waals surface area contributed by atoms with E-state index in [1.54, 1.807) is 0 Å². The molecule has 0 unspecified atom stereocenters. The first-order chi connectivity index (χ1) is 8.82. The molecule has 1 rings (SSSR count). The fourth-order valence-corrected chi connectivity index (χ4v) is 1.50. The van der Waals surface area contributed by atoms with E-state index in [1.165, 1.54) is 11.9 Å². The Labute approximate surface area is 111 Å². The van der Waals surface area contributed by atoms with Crippen molar-refractivity contribution in [1.29, 1.82) is 0 Å². The van der Waals surface area contributed by atoms with Crippen molar-refractivity contribution in [3.05, 3.63) is 29.3 Å². The molecule has 4 nitrogen and oxygen atoms in total. The zero-order valence-corrected chi connectivity index (χ0v) is 11.2. The van der Waals surface area contributed by atoms with Crippen molar-refractivity contribution in [3.8, 4) is 0 Å². The Morgan fingerprint density at radius 2 is 2.05 bits per heavy atom. The number of likely N-dealkylation sites (N-methyl/N-ethyl adjacent to an activating group) is 1. The summed E-state index contributed by atoms with van der Waals surface area (Å²) in [5.74, 6) is -2.27. The molecule has 0 aliphatic carbocycles. The molecular formula is C13H18F2N2O2. The van der Waals surface area contributed by atoms with Gasteiger partial charge < -0.3 is 15.4 Å². The lowest BCUT2D eigenvalue weighted by molar-refractivity contribution is 0.0529. The molecule has 0 aliphatic rings. The Bertz CT molecular complexity index is 464. The quantitative estimate of drug-likeness (QED) is 0.835. The molecule has 0 aliphatic heterocycles. The molecule has 0 atom stereocenters. The summed E-state index contributed by atoms with van der Waals surface area (Å²) in [4.78, 5) is 13.2. The van der Waals surface area contributed by atoms with Crippen LogP contribution in [0.15, 0.2) is 12.1 Å². The molecule has 106 valence electrons. The number of nitrogens with two attached hydrogens (primary N) is 1. The van der Waals surface area contributed by atoms with E-state index in [0.29, 0.717) is 6.61 Å². The maximum atomic E-state index is 13.7. The van der Waals surface area contributed by atoms with E-state index >= 15 is 0 Å². The highest BCUT2D eigenvalue weighted by atomic mass is 19.1. The summed E-state index contributed by atoms with van der Waals surface area (Å²) < 4.78 is 32.1. The number of benzene rings is 1. The minimum Gasteiger partial charge on any atom is -0.396 e. The highest BCUT2D eigenvalue weighted by Gasteiger charge is 2.19. The second-order valence-electron chi connectivity index (χ2n) is 4.50. The average Bonchev–Trinajstić information content (AvgIpc) is 2.32. The summed E-state index contributed by atoms with van der Waals surface area (Å²) in [7, 11) is 1.49. The van der Waals surface area contributed by atoms with Crippen LogP contribution < -0.4 is 5.73 Å². The third-order valence-corrected chi connectivity index (χ3v) is 2.52. The van der Waals surface area contributed by atoms with Gasteiger partial charge in [-0.3, -0.25) is 4.79 Å². The van der Waals surface area contributed by atoms with Gasteiger partial charge in [-0.05, 0) is 26.0 Å². The SMILES string of the molecule is CC(C)OCCN(C)C(=O)c1cc(F)cc(N)c1F. The zero-order valence-electron chi connectivity index (χ0n) is 11.2. The van der Waals surface area contributed by atoms with Crippen LogP contribution in [0.4, 0.5) is 14.5 Å². The Balaban J connectivity index is 2.77. The van der Waals surface area contributed by atoms with Crippen LogP contribution in [0.5, 0.6) is 0 Å². The lowest BCUT2D eigenvalue weighted by Crippen LogP contribution is -2.31. The maximum absolute atomic E-state index is 13.7. The van der Waals surface area contributed by atoms with Gasteiger partial charge in [-0.2, -0.15) is 0 Å². The first kappa shape index (κ1) is 15.4. The van der Waals surface area contributed by atoms with Gasteiger partial charge in [0, 0.05) is 13.6 Å². The second kappa shape index (κ2) is 6.47. The van der Waals surface area contributed by atoms with E-state index in [0.717, 1.165) is 12.1 Å². The fourth-order valence-electron chi connectivity index (χ4n) is 1.50. The molecule has 0 bridgehead atoms. The van der Waals surface area contributed by atoms with Crippen molar-refractivity contribution in [1.82, 2.24) is 4.90 Å². The van der Waals surface area contributed by atoms with Crippen molar-refractivity contribution >= 4 is 11.6 Å². The number of halogens is 2. The smallest absolute Gasteiger partial charge is 0.256 e. The molecule has 2 N–H and O–H groups in total. The van der Waals surface area contributed by atoms with Gasteiger partial charge >= 0.3 is 0 Å². The molecule has 0 fully saturated rings. The number of hydrogen-bond donors (Lipinski definition) is 1. The molecule has 1 aromatic carbocycles. The number of amides is 1. The lowest BCUT2D eigenvalue weighted by Gasteiger charge is -2.18. The molecule has 0 saturated heterocycles. The molecule has 0 radical (unpaired) electrons. The maximum Gasteiger partial charge on any atom is 0.256 e. The summed E-state index contributed by atoms with van der Waals surface area (Å²) in [6.45, 7) is 4.35. The van der Waals surface area contributed by atoms with Gasteiger partial charge in [0.15, 0.2) is 5.82 Å². The predicted molar refractivity (Wildman–Crippen MR) is 68.8 cm³/mol. The topological polar surface area (TPSA) is 55.6 Å². The monoisotopic (exact) mass is 272 g/mol. The van der Waals surface area contributed by atoms with E-state index in [1.807, 2.05) is 13.8 Å². The Morgan fingerprint density at radius 1 is 1.42 bits per heavy atom. The minimum atomic E-state index is -0.900. The van der Waals surface area contributed by atoms with Crippen molar-refractivity contribution in [3.63, 3.8) is 0 Å². The Morgan fingerprint density at radius 3 is 2.63 bits per heavy atom. The first-order valence-electron chi connectivity index (χ1n) is 5.94. The summed E-state index contributed by atoms with van der Waals surface area (Å²) in [6, 6.07) is 1.68. The van der Waals surface area contributed by atoms with E-state index in [4.69, 9.17) is 10.5 Å². The molecule has 1 aromatic rings. The number of rotatable bonds is 5. The molecule has 1 amide bonds. The average molecular weight is 272 g/mol. The summed E-state index contributed by atoms with van der Waals surface area (Å²) >= 11 is 0. The van der Waals surface area contributed by atoms with Crippen LogP contribution in [0.25, 0.3) is 0 Å². The molecule has 19 heavy (non-hydrogen) atoms. The minimum absolute atomic E-state index is 0.0463. The third kappa shape index (κ3) is 4.17. The summed E-state index contributed by atoms with van der Waals surface area (Å²) in [5, 5.41) is 0. The molecule has 0 spiro atoms. The largest absolute Gasteiger partial charge is 0.396 e. The lowest BCUT2D eigenvalue weighted by atomic mass is 10.1. The number of carbonyl (C=O) groups excluding carboxylic acids is 1. The van der Waals surface area contributed by atoms with Gasteiger partial charge in [-0.15, -0.1) is 0 Å². The molecular weight excluding hydrogens is 254 g/mol. The van der Waals surface area contributed by atoms with Crippen molar-refractivity contribution in [2.45, 2.75) is 20.0 Å². The van der Waals surface area contributed by atoms with E-state index in [-0.39, 0.29) is 23.9 Å². The van der Waals surface area contributed by atoms with Crippen LogP contribution in [0.2, 0.25) is 0 Å². The highest BCUT2D eigenvalue weighted by molar-refractivity contribution is 5.95. The number of anilines is 1. The molecule has 0 aromatic heterocycles. The summed E-state index contributed by atoms with van der Waals surface area (Å²) in [6.07, 6.45) is 0.0463. The summed E-state index contributed by atoms with van der Waals surface area (Å²) in [5.41, 5.74) is 4.54. The van der Waals surface area contributed by atoms with Crippen molar-refractivity contribution in [2.24, 2.45) is 0 Å². The van der Waals surface area contributed by atoms with E-state index < -0.39 is 17.5 Å². The van der Waals surface area contributed by atoms with Crippen LogP contribution >= 0.6 is 0 Å². The van der Waals surface area contributed by atoms with Gasteiger partial charge in [0.25, 0.3) is 5.91 Å². The number of ether oxygens (including phenoxy) is 1. The van der Waals surface area contributed by atoms with Gasteiger partial charge in [0.2, 0.25) is 0 Å².